The molecule has 1 aromatic carbocycles. The van der Waals surface area contributed by atoms with Gasteiger partial charge < -0.3 is 15.4 Å². The lowest BCUT2D eigenvalue weighted by Crippen LogP contribution is -2.31. The second-order valence-electron chi connectivity index (χ2n) is 7.76. The maximum atomic E-state index is 5.99. The third-order valence-corrected chi connectivity index (χ3v) is 5.56. The number of ether oxygens (including phenoxy) is 1. The molecular formula is C22H25N7O. The summed E-state index contributed by atoms with van der Waals surface area (Å²) in [6.45, 7) is 3.13. The summed E-state index contributed by atoms with van der Waals surface area (Å²) in [5.41, 5.74) is 4.02. The number of hydrogen-bond donors (Lipinski definition) is 3. The molecule has 4 heterocycles. The zero-order valence-electron chi connectivity index (χ0n) is 16.9. The average molecular weight is 403 g/mol. The van der Waals surface area contributed by atoms with Crippen LogP contribution in [0, 0.1) is 5.92 Å². The maximum absolute atomic E-state index is 5.99. The molecule has 2 atom stereocenters. The molecule has 0 saturated carbocycles. The van der Waals surface area contributed by atoms with E-state index in [1.165, 1.54) is 5.56 Å². The topological polar surface area (TPSA) is 92.7 Å². The molecule has 3 aromatic heterocycles. The number of aryl methyl sites for hydroxylation is 1. The van der Waals surface area contributed by atoms with E-state index in [0.29, 0.717) is 19.1 Å². The van der Waals surface area contributed by atoms with Gasteiger partial charge in [-0.25, -0.2) is 4.98 Å². The van der Waals surface area contributed by atoms with Crippen LogP contribution in [0.25, 0.3) is 22.2 Å². The van der Waals surface area contributed by atoms with Crippen LogP contribution in [0.3, 0.4) is 0 Å². The molecule has 30 heavy (non-hydrogen) atoms. The monoisotopic (exact) mass is 403 g/mol. The van der Waals surface area contributed by atoms with Gasteiger partial charge in [-0.15, -0.1) is 0 Å². The van der Waals surface area contributed by atoms with Gasteiger partial charge >= 0.3 is 0 Å². The zero-order valence-corrected chi connectivity index (χ0v) is 16.9. The van der Waals surface area contributed by atoms with Crippen molar-refractivity contribution in [2.45, 2.75) is 12.6 Å². The second-order valence-corrected chi connectivity index (χ2v) is 7.76. The van der Waals surface area contributed by atoms with Crippen LogP contribution in [0.4, 0.5) is 5.82 Å². The van der Waals surface area contributed by atoms with Crippen molar-refractivity contribution < 1.29 is 4.74 Å². The fraction of sp³-hybridized carbons (Fsp3) is 0.318. The van der Waals surface area contributed by atoms with Crippen molar-refractivity contribution in [3.63, 3.8) is 0 Å². The van der Waals surface area contributed by atoms with Gasteiger partial charge in [0.25, 0.3) is 0 Å². The number of H-pyrrole nitrogens is 1. The van der Waals surface area contributed by atoms with Crippen molar-refractivity contribution >= 4 is 16.9 Å². The van der Waals surface area contributed by atoms with E-state index < -0.39 is 0 Å². The van der Waals surface area contributed by atoms with Crippen molar-refractivity contribution in [3.8, 4) is 11.1 Å². The highest BCUT2D eigenvalue weighted by Gasteiger charge is 2.28. The predicted octanol–water partition coefficient (Wildman–Crippen LogP) is 2.58. The molecule has 3 N–H and O–H groups in total. The molecule has 1 aliphatic rings. The van der Waals surface area contributed by atoms with Gasteiger partial charge in [0.1, 0.15) is 0 Å². The SMILES string of the molecule is Cn1cc(-c2cnc3[nH]nc(N[C@H]4CNC[C@@H]4COCc4ccccc4)c3c2)cn1. The molecule has 1 saturated heterocycles. The first-order chi connectivity index (χ1) is 14.8. The van der Waals surface area contributed by atoms with Crippen molar-refractivity contribution in [1.29, 1.82) is 0 Å². The number of hydrogen-bond acceptors (Lipinski definition) is 6. The number of pyridine rings is 1. The van der Waals surface area contributed by atoms with E-state index in [0.717, 1.165) is 41.1 Å². The van der Waals surface area contributed by atoms with Crippen molar-refractivity contribution in [3.05, 3.63) is 60.6 Å². The summed E-state index contributed by atoms with van der Waals surface area (Å²) in [5.74, 6) is 1.19. The molecule has 1 fully saturated rings. The van der Waals surface area contributed by atoms with Crippen molar-refractivity contribution in [2.24, 2.45) is 13.0 Å². The Morgan fingerprint density at radius 3 is 2.90 bits per heavy atom. The summed E-state index contributed by atoms with van der Waals surface area (Å²) >= 11 is 0. The van der Waals surface area contributed by atoms with Crippen LogP contribution < -0.4 is 10.6 Å². The van der Waals surface area contributed by atoms with E-state index >= 15 is 0 Å². The number of aromatic nitrogens is 5. The Balaban J connectivity index is 1.28. The number of benzene rings is 1. The van der Waals surface area contributed by atoms with Crippen molar-refractivity contribution in [2.75, 3.05) is 25.0 Å². The minimum atomic E-state index is 0.245. The average Bonchev–Trinajstić information content (AvgIpc) is 3.50. The van der Waals surface area contributed by atoms with Gasteiger partial charge in [-0.3, -0.25) is 9.78 Å². The van der Waals surface area contributed by atoms with Gasteiger partial charge in [0.15, 0.2) is 11.5 Å². The van der Waals surface area contributed by atoms with Crippen LogP contribution in [-0.4, -0.2) is 50.7 Å². The summed E-state index contributed by atoms with van der Waals surface area (Å²) in [4.78, 5) is 4.53. The van der Waals surface area contributed by atoms with E-state index in [4.69, 9.17) is 4.74 Å². The summed E-state index contributed by atoms with van der Waals surface area (Å²) < 4.78 is 7.78. The first kappa shape index (κ1) is 18.8. The standard InChI is InChI=1S/C22H25N7O/c1-29-12-17(10-25-29)16-7-19-21(24-9-16)27-28-22(19)26-20-11-23-8-18(20)14-30-13-15-5-3-2-4-6-15/h2-7,9-10,12,18,20,23H,8,11,13-14H2,1H3,(H2,24,26,27,28)/t18-,20+/m1/s1. The van der Waals surface area contributed by atoms with Gasteiger partial charge in [0.2, 0.25) is 0 Å². The highest BCUT2D eigenvalue weighted by Crippen LogP contribution is 2.27. The number of anilines is 1. The molecule has 154 valence electrons. The number of nitrogens with zero attached hydrogens (tertiary/aromatic N) is 4. The quantitative estimate of drug-likeness (QED) is 0.439. The summed E-state index contributed by atoms with van der Waals surface area (Å²) in [5, 5.41) is 19.8. The van der Waals surface area contributed by atoms with Crippen LogP contribution >= 0.6 is 0 Å². The second kappa shape index (κ2) is 8.25. The summed E-state index contributed by atoms with van der Waals surface area (Å²) in [6, 6.07) is 12.6. The lowest BCUT2D eigenvalue weighted by atomic mass is 10.0. The van der Waals surface area contributed by atoms with Crippen LogP contribution in [0.5, 0.6) is 0 Å². The number of aromatic amines is 1. The Morgan fingerprint density at radius 2 is 2.07 bits per heavy atom. The van der Waals surface area contributed by atoms with E-state index in [9.17, 15) is 0 Å². The lowest BCUT2D eigenvalue weighted by Gasteiger charge is -2.20. The molecular weight excluding hydrogens is 378 g/mol. The van der Waals surface area contributed by atoms with Gasteiger partial charge in [-0.2, -0.15) is 10.2 Å². The van der Waals surface area contributed by atoms with Gasteiger partial charge in [-0.1, -0.05) is 30.3 Å². The Labute approximate surface area is 174 Å². The third kappa shape index (κ3) is 3.92. The zero-order chi connectivity index (χ0) is 20.3. The molecule has 4 aromatic rings. The molecule has 0 bridgehead atoms. The van der Waals surface area contributed by atoms with E-state index in [1.54, 1.807) is 4.68 Å². The van der Waals surface area contributed by atoms with Crippen LogP contribution in [-0.2, 0) is 18.4 Å². The Morgan fingerprint density at radius 1 is 1.17 bits per heavy atom. The highest BCUT2D eigenvalue weighted by molar-refractivity contribution is 5.90. The minimum absolute atomic E-state index is 0.245. The normalized spacial score (nSPS) is 18.8. The molecule has 0 radical (unpaired) electrons. The molecule has 5 rings (SSSR count). The van der Waals surface area contributed by atoms with E-state index in [-0.39, 0.29) is 6.04 Å². The molecule has 0 aliphatic carbocycles. The highest BCUT2D eigenvalue weighted by atomic mass is 16.5. The summed E-state index contributed by atoms with van der Waals surface area (Å²) in [6.07, 6.45) is 5.67. The number of rotatable bonds is 7. The Kier molecular flexibility index (Phi) is 5.17. The number of nitrogens with one attached hydrogen (secondary N) is 3. The maximum Gasteiger partial charge on any atom is 0.157 e. The third-order valence-electron chi connectivity index (χ3n) is 5.56. The van der Waals surface area contributed by atoms with Gasteiger partial charge in [-0.05, 0) is 11.6 Å². The van der Waals surface area contributed by atoms with Crippen LogP contribution in [0.15, 0.2) is 55.0 Å². The fourth-order valence-corrected chi connectivity index (χ4v) is 3.90. The van der Waals surface area contributed by atoms with Gasteiger partial charge in [0, 0.05) is 55.6 Å². The molecule has 0 amide bonds. The van der Waals surface area contributed by atoms with Gasteiger partial charge in [0.05, 0.1) is 24.8 Å². The largest absolute Gasteiger partial charge is 0.376 e. The number of fused-ring (bicyclic) bond motifs is 1. The van der Waals surface area contributed by atoms with Crippen molar-refractivity contribution in [1.82, 2.24) is 30.3 Å². The Hall–Kier alpha value is -3.23. The van der Waals surface area contributed by atoms with E-state index in [2.05, 4.69) is 49.1 Å². The first-order valence-electron chi connectivity index (χ1n) is 10.2. The Bertz CT molecular complexity index is 1120. The smallest absolute Gasteiger partial charge is 0.157 e. The molecule has 0 unspecified atom stereocenters. The summed E-state index contributed by atoms with van der Waals surface area (Å²) in [7, 11) is 1.91. The van der Waals surface area contributed by atoms with E-state index in [1.807, 2.05) is 43.8 Å². The molecule has 0 spiro atoms. The molecule has 8 nitrogen and oxygen atoms in total. The first-order valence-corrected chi connectivity index (χ1v) is 10.2. The lowest BCUT2D eigenvalue weighted by molar-refractivity contribution is 0.0898. The predicted molar refractivity (Wildman–Crippen MR) is 116 cm³/mol. The fourth-order valence-electron chi connectivity index (χ4n) is 3.90. The minimum Gasteiger partial charge on any atom is -0.376 e. The molecule has 1 aliphatic heterocycles. The van der Waals surface area contributed by atoms with Crippen LogP contribution in [0.1, 0.15) is 5.56 Å². The molecule has 8 heteroatoms. The van der Waals surface area contributed by atoms with Crippen LogP contribution in [0.2, 0.25) is 0 Å².